The summed E-state index contributed by atoms with van der Waals surface area (Å²) in [6.45, 7) is 1.83. The van der Waals surface area contributed by atoms with Gasteiger partial charge in [0.1, 0.15) is 5.91 Å². The van der Waals surface area contributed by atoms with E-state index < -0.39 is 6.10 Å². The van der Waals surface area contributed by atoms with E-state index in [1.165, 1.54) is 0 Å². The average Bonchev–Trinajstić information content (AvgIpc) is 2.40. The third kappa shape index (κ3) is 1.57. The van der Waals surface area contributed by atoms with Crippen molar-refractivity contribution >= 4 is 12.3 Å². The summed E-state index contributed by atoms with van der Waals surface area (Å²) >= 11 is 0. The Bertz CT molecular complexity index is 175. The first-order chi connectivity index (χ1) is 5.29. The molecule has 0 radical (unpaired) electrons. The number of rotatable bonds is 3. The number of ether oxygens (including phenoxy) is 1. The summed E-state index contributed by atoms with van der Waals surface area (Å²) < 4.78 is 4.78. The van der Waals surface area contributed by atoms with Crippen LogP contribution in [0.3, 0.4) is 0 Å². The molecule has 1 aliphatic heterocycles. The molecule has 1 rings (SSSR count). The summed E-state index contributed by atoms with van der Waals surface area (Å²) in [5, 5.41) is 8.80. The van der Waals surface area contributed by atoms with E-state index in [0.717, 1.165) is 0 Å². The zero-order chi connectivity index (χ0) is 8.27. The Morgan fingerprint density at radius 2 is 2.64 bits per heavy atom. The third-order valence-corrected chi connectivity index (χ3v) is 1.77. The molecule has 0 fully saturated rings. The monoisotopic (exact) mass is 156 g/mol. The fourth-order valence-electron chi connectivity index (χ4n) is 0.979. The molecule has 1 aliphatic rings. The van der Waals surface area contributed by atoms with Gasteiger partial charge in [0, 0.05) is 18.9 Å². The van der Waals surface area contributed by atoms with Crippen molar-refractivity contribution in [3.63, 3.8) is 0 Å². The number of aliphatic hydroxyl groups is 1. The number of hydrogen-bond donors (Lipinski definition) is 1. The lowest BCUT2D eigenvalue weighted by Crippen LogP contribution is -2.29. The van der Waals surface area contributed by atoms with Crippen LogP contribution in [0.1, 0.15) is 13.3 Å². The Labute approximate surface area is 64.9 Å². The highest BCUT2D eigenvalue weighted by Gasteiger charge is 2.22. The van der Waals surface area contributed by atoms with Crippen LogP contribution in [0.5, 0.6) is 0 Å². The molecule has 0 saturated carbocycles. The molecule has 4 heteroatoms. The normalized spacial score (nSPS) is 25.3. The molecule has 2 atom stereocenters. The van der Waals surface area contributed by atoms with E-state index in [4.69, 9.17) is 9.84 Å². The van der Waals surface area contributed by atoms with Gasteiger partial charge in [-0.05, 0) is 6.42 Å². The fourth-order valence-corrected chi connectivity index (χ4v) is 0.979. The summed E-state index contributed by atoms with van der Waals surface area (Å²) in [4.78, 5) is 14.2. The van der Waals surface area contributed by atoms with Crippen LogP contribution in [0.15, 0.2) is 4.99 Å². The van der Waals surface area contributed by atoms with Crippen molar-refractivity contribution in [1.82, 2.24) is 0 Å². The van der Waals surface area contributed by atoms with Gasteiger partial charge in [0.2, 0.25) is 0 Å². The average molecular weight is 156 g/mol. The predicted molar refractivity (Wildman–Crippen MR) is 38.2 cm³/mol. The van der Waals surface area contributed by atoms with Gasteiger partial charge in [0.15, 0.2) is 0 Å². The van der Waals surface area contributed by atoms with Gasteiger partial charge in [-0.25, -0.2) is 0 Å². The van der Waals surface area contributed by atoms with E-state index in [1.54, 1.807) is 0 Å². The molecule has 1 N–H and O–H groups in total. The predicted octanol–water partition coefficient (Wildman–Crippen LogP) is -0.164. The first-order valence-corrected chi connectivity index (χ1v) is 3.55. The quantitative estimate of drug-likeness (QED) is 0.577. The van der Waals surface area contributed by atoms with Crippen LogP contribution in [0.25, 0.3) is 0 Å². The number of amides is 1. The van der Waals surface area contributed by atoms with Crippen molar-refractivity contribution in [1.29, 1.82) is 0 Å². The lowest BCUT2D eigenvalue weighted by atomic mass is 10.0. The van der Waals surface area contributed by atoms with Gasteiger partial charge in [-0.1, -0.05) is 6.92 Å². The second-order valence-electron chi connectivity index (χ2n) is 2.43. The number of aliphatic hydroxyl groups excluding tert-OH is 1. The molecule has 1 heterocycles. The van der Waals surface area contributed by atoms with E-state index in [-0.39, 0.29) is 18.4 Å². The van der Waals surface area contributed by atoms with Crippen LogP contribution in [0.4, 0.5) is 0 Å². The van der Waals surface area contributed by atoms with Gasteiger partial charge in [0.25, 0.3) is 0 Å². The smallest absolute Gasteiger partial charge is 0.128 e. The number of aliphatic imine (C=N–C) groups is 1. The Morgan fingerprint density at radius 1 is 1.91 bits per heavy atom. The maximum absolute atomic E-state index is 10.9. The van der Waals surface area contributed by atoms with Crippen LogP contribution < -0.4 is 0 Å². The van der Waals surface area contributed by atoms with Crippen molar-refractivity contribution < 1.29 is 14.6 Å². The highest BCUT2D eigenvalue weighted by atomic mass is 16.5. The van der Waals surface area contributed by atoms with Crippen molar-refractivity contribution in [3.8, 4) is 0 Å². The zero-order valence-electron chi connectivity index (χ0n) is 6.28. The minimum Gasteiger partial charge on any atom is -0.577 e. The topological polar surface area (TPSA) is 58.9 Å². The molecular weight excluding hydrogens is 146 g/mol. The zero-order valence-corrected chi connectivity index (χ0v) is 6.28. The number of nitrogens with zero attached hydrogens (tertiary/aromatic N) is 1. The van der Waals surface area contributed by atoms with Crippen LogP contribution in [0.2, 0.25) is 0 Å². The number of carbonyl (C=O) groups excluding carboxylic acids is 1. The lowest BCUT2D eigenvalue weighted by molar-refractivity contribution is -0.125. The van der Waals surface area contributed by atoms with Gasteiger partial charge in [-0.15, -0.1) is 0 Å². The summed E-state index contributed by atoms with van der Waals surface area (Å²) in [6, 6.07) is 0. The van der Waals surface area contributed by atoms with E-state index in [2.05, 4.69) is 11.4 Å². The fraction of sp³-hybridized carbons (Fsp3) is 0.714. The largest absolute Gasteiger partial charge is 0.577 e. The van der Waals surface area contributed by atoms with Crippen LogP contribution in [-0.4, -0.2) is 30.1 Å². The summed E-state index contributed by atoms with van der Waals surface area (Å²) in [5.74, 6) is -0.493. The molecule has 0 aliphatic carbocycles. The first kappa shape index (κ1) is 8.20. The molecular formula is C7H10NO3-. The van der Waals surface area contributed by atoms with Gasteiger partial charge in [0.05, 0.1) is 6.10 Å². The van der Waals surface area contributed by atoms with Crippen LogP contribution >= 0.6 is 0 Å². The summed E-state index contributed by atoms with van der Waals surface area (Å²) in [7, 11) is 0. The molecule has 11 heavy (non-hydrogen) atoms. The van der Waals surface area contributed by atoms with E-state index >= 15 is 0 Å². The molecule has 1 amide bonds. The first-order valence-electron chi connectivity index (χ1n) is 3.55. The van der Waals surface area contributed by atoms with Gasteiger partial charge in [-0.2, -0.15) is 0 Å². The second-order valence-corrected chi connectivity index (χ2v) is 2.43. The highest BCUT2D eigenvalue weighted by Crippen LogP contribution is 2.15. The maximum Gasteiger partial charge on any atom is 0.128 e. The van der Waals surface area contributed by atoms with Crippen molar-refractivity contribution in [2.45, 2.75) is 19.4 Å². The van der Waals surface area contributed by atoms with Gasteiger partial charge >= 0.3 is 0 Å². The lowest BCUT2D eigenvalue weighted by Gasteiger charge is -2.22. The molecule has 0 aromatic carbocycles. The molecule has 0 aromatic rings. The minimum absolute atomic E-state index is 0.0515. The number of hydrogen-bond acceptors (Lipinski definition) is 3. The van der Waals surface area contributed by atoms with E-state index in [9.17, 15) is 4.79 Å². The van der Waals surface area contributed by atoms with Gasteiger partial charge < -0.3 is 19.6 Å². The Balaban J connectivity index is 2.53. The molecule has 4 nitrogen and oxygen atoms in total. The third-order valence-electron chi connectivity index (χ3n) is 1.77. The summed E-state index contributed by atoms with van der Waals surface area (Å²) in [5.41, 5.74) is 0. The standard InChI is InChI=1S/C7H10NO3/c1-2-5(3-9)6-7(10)8-4-11-6/h5-6,9H,2-3H2,1H3/q-1. The number of carbonyl (C=O) groups is 1. The molecule has 62 valence electrons. The molecule has 2 unspecified atom stereocenters. The van der Waals surface area contributed by atoms with Crippen molar-refractivity contribution in [2.75, 3.05) is 6.61 Å². The van der Waals surface area contributed by atoms with Crippen molar-refractivity contribution in [3.05, 3.63) is 0 Å². The molecule has 0 spiro atoms. The van der Waals surface area contributed by atoms with E-state index in [0.29, 0.717) is 6.42 Å². The maximum atomic E-state index is 10.9. The van der Waals surface area contributed by atoms with Crippen LogP contribution in [0, 0.1) is 5.92 Å². The SMILES string of the molecule is CCC(CO)C1O[C-]=NC1=O. The summed E-state index contributed by atoms with van der Waals surface area (Å²) in [6.07, 6.45) is 2.23. The van der Waals surface area contributed by atoms with E-state index in [1.807, 2.05) is 6.92 Å². The second kappa shape index (κ2) is 3.48. The highest BCUT2D eigenvalue weighted by molar-refractivity contribution is 5.91. The van der Waals surface area contributed by atoms with Crippen molar-refractivity contribution in [2.24, 2.45) is 10.9 Å². The van der Waals surface area contributed by atoms with Gasteiger partial charge in [-0.3, -0.25) is 0 Å². The Morgan fingerprint density at radius 3 is 3.00 bits per heavy atom. The Kier molecular flexibility index (Phi) is 2.59. The van der Waals surface area contributed by atoms with Crippen LogP contribution in [-0.2, 0) is 9.53 Å². The molecule has 0 bridgehead atoms. The molecule has 0 aromatic heterocycles. The Hall–Kier alpha value is -0.900. The molecule has 0 saturated heterocycles. The minimum atomic E-state index is -0.606.